The fraction of sp³-hybridized carbons (Fsp3) is 0. The number of halogens is 2. The average molecular weight is 274 g/mol. The Hall–Kier alpha value is -1.72. The zero-order valence-electron chi connectivity index (χ0n) is 8.16. The van der Waals surface area contributed by atoms with E-state index in [1.165, 1.54) is 12.1 Å². The van der Waals surface area contributed by atoms with Crippen LogP contribution in [0.2, 0.25) is 10.0 Å². The van der Waals surface area contributed by atoms with Gasteiger partial charge in [0, 0.05) is 11.2 Å². The Bertz CT molecular complexity index is 665. The minimum atomic E-state index is -1.57. The van der Waals surface area contributed by atoms with E-state index in [4.69, 9.17) is 28.3 Å². The molecule has 17 heavy (non-hydrogen) atoms. The van der Waals surface area contributed by atoms with Gasteiger partial charge in [-0.3, -0.25) is 4.79 Å². The monoisotopic (exact) mass is 273 g/mol. The summed E-state index contributed by atoms with van der Waals surface area (Å²) < 4.78 is 4.32. The van der Waals surface area contributed by atoms with Crippen LogP contribution < -0.4 is 10.2 Å². The molecule has 88 valence electrons. The number of hydrogen-bond donors (Lipinski definition) is 2. The summed E-state index contributed by atoms with van der Waals surface area (Å²) in [7, 11) is 0. The lowest BCUT2D eigenvalue weighted by Gasteiger charge is -2.04. The SMILES string of the molecule is O=C(O)Oc1c[nH]c2cc(Cl)cc(Cl)c2c1=O. The summed E-state index contributed by atoms with van der Waals surface area (Å²) in [4.78, 5) is 24.9. The Morgan fingerprint density at radius 2 is 2.06 bits per heavy atom. The molecule has 1 aromatic heterocycles. The van der Waals surface area contributed by atoms with Crippen LogP contribution in [0.1, 0.15) is 0 Å². The van der Waals surface area contributed by atoms with E-state index in [1.54, 1.807) is 0 Å². The molecule has 2 rings (SSSR count). The molecule has 2 N–H and O–H groups in total. The van der Waals surface area contributed by atoms with Crippen LogP contribution in [0.5, 0.6) is 5.75 Å². The van der Waals surface area contributed by atoms with Crippen molar-refractivity contribution in [2.24, 2.45) is 0 Å². The van der Waals surface area contributed by atoms with Gasteiger partial charge in [0.1, 0.15) is 0 Å². The van der Waals surface area contributed by atoms with Crippen molar-refractivity contribution in [1.82, 2.24) is 4.98 Å². The number of aromatic amines is 1. The number of carbonyl (C=O) groups is 1. The maximum Gasteiger partial charge on any atom is 0.511 e. The second-order valence-electron chi connectivity index (χ2n) is 3.16. The first-order valence-corrected chi connectivity index (χ1v) is 5.16. The van der Waals surface area contributed by atoms with Gasteiger partial charge in [-0.15, -0.1) is 0 Å². The highest BCUT2D eigenvalue weighted by Gasteiger charge is 2.12. The average Bonchev–Trinajstić information content (AvgIpc) is 2.20. The van der Waals surface area contributed by atoms with E-state index >= 15 is 0 Å². The summed E-state index contributed by atoms with van der Waals surface area (Å²) in [5.74, 6) is -0.339. The molecule has 5 nitrogen and oxygen atoms in total. The molecule has 0 fully saturated rings. The number of aromatic nitrogens is 1. The van der Waals surface area contributed by atoms with E-state index in [0.717, 1.165) is 6.20 Å². The van der Waals surface area contributed by atoms with Gasteiger partial charge in [0.05, 0.1) is 15.9 Å². The van der Waals surface area contributed by atoms with Gasteiger partial charge in [-0.05, 0) is 12.1 Å². The molecule has 0 radical (unpaired) electrons. The fourth-order valence-corrected chi connectivity index (χ4v) is 2.00. The molecule has 0 amide bonds. The zero-order valence-corrected chi connectivity index (χ0v) is 9.67. The van der Waals surface area contributed by atoms with Crippen molar-refractivity contribution in [3.8, 4) is 5.75 Å². The molecule has 0 atom stereocenters. The number of hydrogen-bond acceptors (Lipinski definition) is 3. The van der Waals surface area contributed by atoms with E-state index in [2.05, 4.69) is 9.72 Å². The molecule has 0 spiro atoms. The molecule has 0 aliphatic carbocycles. The van der Waals surface area contributed by atoms with Crippen molar-refractivity contribution < 1.29 is 14.6 Å². The maximum atomic E-state index is 11.9. The molecule has 7 heteroatoms. The van der Waals surface area contributed by atoms with Crippen LogP contribution in [0.4, 0.5) is 4.79 Å². The number of carboxylic acid groups (broad SMARTS) is 1. The molecule has 0 aliphatic heterocycles. The Labute approximate surface area is 105 Å². The summed E-state index contributed by atoms with van der Waals surface area (Å²) in [5, 5.41) is 9.08. The van der Waals surface area contributed by atoms with Gasteiger partial charge in [-0.25, -0.2) is 4.79 Å². The van der Waals surface area contributed by atoms with Crippen molar-refractivity contribution in [2.45, 2.75) is 0 Å². The van der Waals surface area contributed by atoms with Crippen molar-refractivity contribution >= 4 is 40.3 Å². The Morgan fingerprint density at radius 3 is 2.71 bits per heavy atom. The normalized spacial score (nSPS) is 10.5. The van der Waals surface area contributed by atoms with Gasteiger partial charge in [-0.1, -0.05) is 23.2 Å². The molecule has 1 aromatic carbocycles. The number of benzene rings is 1. The Kier molecular flexibility index (Phi) is 2.95. The summed E-state index contributed by atoms with van der Waals surface area (Å²) in [5.41, 5.74) is -0.201. The number of H-pyrrole nitrogens is 1. The number of rotatable bonds is 1. The van der Waals surface area contributed by atoms with E-state index in [-0.39, 0.29) is 16.2 Å². The first-order valence-electron chi connectivity index (χ1n) is 4.40. The molecular weight excluding hydrogens is 269 g/mol. The molecule has 2 aromatic rings. The molecule has 0 aliphatic rings. The molecule has 0 unspecified atom stereocenters. The predicted molar refractivity (Wildman–Crippen MR) is 63.2 cm³/mol. The molecule has 0 bridgehead atoms. The molecule has 0 saturated carbocycles. The van der Waals surface area contributed by atoms with E-state index in [9.17, 15) is 9.59 Å². The molecular formula is C10H5Cl2NO4. The van der Waals surface area contributed by atoms with Crippen LogP contribution in [0.15, 0.2) is 23.1 Å². The number of nitrogens with one attached hydrogen (secondary N) is 1. The van der Waals surface area contributed by atoms with Gasteiger partial charge < -0.3 is 14.8 Å². The quantitative estimate of drug-likeness (QED) is 0.783. The summed E-state index contributed by atoms with van der Waals surface area (Å²) in [6.07, 6.45) is -0.425. The smallest absolute Gasteiger partial charge is 0.449 e. The highest BCUT2D eigenvalue weighted by molar-refractivity contribution is 6.38. The van der Waals surface area contributed by atoms with Gasteiger partial charge in [-0.2, -0.15) is 0 Å². The zero-order chi connectivity index (χ0) is 12.6. The third-order valence-corrected chi connectivity index (χ3v) is 2.58. The number of pyridine rings is 1. The second kappa shape index (κ2) is 4.27. The van der Waals surface area contributed by atoms with E-state index < -0.39 is 11.6 Å². The van der Waals surface area contributed by atoms with Crippen molar-refractivity contribution in [2.75, 3.05) is 0 Å². The number of ether oxygens (including phenoxy) is 1. The van der Waals surface area contributed by atoms with E-state index in [1.807, 2.05) is 0 Å². The first kappa shape index (κ1) is 11.8. The minimum absolute atomic E-state index is 0.129. The summed E-state index contributed by atoms with van der Waals surface area (Å²) in [6.45, 7) is 0. The molecule has 0 saturated heterocycles. The van der Waals surface area contributed by atoms with Gasteiger partial charge in [0.25, 0.3) is 0 Å². The van der Waals surface area contributed by atoms with Crippen LogP contribution in [0, 0.1) is 0 Å². The van der Waals surface area contributed by atoms with Gasteiger partial charge in [0.15, 0.2) is 5.75 Å². The predicted octanol–water partition coefficient (Wildman–Crippen LogP) is 2.89. The van der Waals surface area contributed by atoms with Crippen LogP contribution in [0.3, 0.4) is 0 Å². The Balaban J connectivity index is 2.75. The topological polar surface area (TPSA) is 79.4 Å². The van der Waals surface area contributed by atoms with Crippen LogP contribution in [0.25, 0.3) is 10.9 Å². The number of fused-ring (bicyclic) bond motifs is 1. The molecule has 1 heterocycles. The summed E-state index contributed by atoms with van der Waals surface area (Å²) >= 11 is 11.6. The van der Waals surface area contributed by atoms with Gasteiger partial charge >= 0.3 is 6.16 Å². The lowest BCUT2D eigenvalue weighted by atomic mass is 10.2. The fourth-order valence-electron chi connectivity index (χ4n) is 1.42. The lowest BCUT2D eigenvalue weighted by Crippen LogP contribution is -2.13. The van der Waals surface area contributed by atoms with E-state index in [0.29, 0.717) is 10.5 Å². The summed E-state index contributed by atoms with van der Waals surface area (Å²) in [6, 6.07) is 2.90. The van der Waals surface area contributed by atoms with Crippen LogP contribution in [-0.4, -0.2) is 16.2 Å². The van der Waals surface area contributed by atoms with Crippen molar-refractivity contribution in [3.63, 3.8) is 0 Å². The van der Waals surface area contributed by atoms with Crippen LogP contribution in [-0.2, 0) is 0 Å². The van der Waals surface area contributed by atoms with Crippen molar-refractivity contribution in [1.29, 1.82) is 0 Å². The maximum absolute atomic E-state index is 11.9. The highest BCUT2D eigenvalue weighted by Crippen LogP contribution is 2.25. The first-order chi connectivity index (χ1) is 7.99. The highest BCUT2D eigenvalue weighted by atomic mass is 35.5. The lowest BCUT2D eigenvalue weighted by molar-refractivity contribution is 0.144. The largest absolute Gasteiger partial charge is 0.511 e. The third-order valence-electron chi connectivity index (χ3n) is 2.06. The minimum Gasteiger partial charge on any atom is -0.449 e. The Morgan fingerprint density at radius 1 is 1.35 bits per heavy atom. The van der Waals surface area contributed by atoms with Crippen molar-refractivity contribution in [3.05, 3.63) is 38.6 Å². The van der Waals surface area contributed by atoms with Crippen LogP contribution >= 0.6 is 23.2 Å². The second-order valence-corrected chi connectivity index (χ2v) is 4.00. The third kappa shape index (κ3) is 2.20. The van der Waals surface area contributed by atoms with Gasteiger partial charge in [0.2, 0.25) is 5.43 Å². The standard InChI is InChI=1S/C10H5Cl2NO4/c11-4-1-5(12)8-6(2-4)13-3-7(9(8)14)17-10(15)16/h1-3H,(H,13,14)(H,15,16).